The second-order valence-electron chi connectivity index (χ2n) is 7.64. The van der Waals surface area contributed by atoms with Gasteiger partial charge in [-0.2, -0.15) is 0 Å². The Bertz CT molecular complexity index is 751. The lowest BCUT2D eigenvalue weighted by atomic mass is 10.0. The monoisotopic (exact) mass is 396 g/mol. The zero-order valence-corrected chi connectivity index (χ0v) is 17.5. The molecule has 29 heavy (non-hydrogen) atoms. The fraction of sp³-hybridized carbons (Fsp3) is 0.458. The molecule has 156 valence electrons. The number of likely N-dealkylation sites (tertiary alicyclic amines) is 1. The maximum atomic E-state index is 12.4. The third-order valence-electron chi connectivity index (χ3n) is 5.47. The van der Waals surface area contributed by atoms with Gasteiger partial charge in [-0.05, 0) is 62.7 Å². The molecular weight excluding hydrogens is 364 g/mol. The van der Waals surface area contributed by atoms with Crippen molar-refractivity contribution in [2.75, 3.05) is 33.4 Å². The predicted molar refractivity (Wildman–Crippen MR) is 115 cm³/mol. The highest BCUT2D eigenvalue weighted by molar-refractivity contribution is 5.77. The number of nitrogens with one attached hydrogen (secondary N) is 1. The van der Waals surface area contributed by atoms with Crippen molar-refractivity contribution in [2.24, 2.45) is 0 Å². The lowest BCUT2D eigenvalue weighted by molar-refractivity contribution is -0.123. The molecule has 2 aromatic carbocycles. The second kappa shape index (κ2) is 10.9. The number of methoxy groups -OCH3 is 1. The lowest BCUT2D eigenvalue weighted by Crippen LogP contribution is -2.40. The largest absolute Gasteiger partial charge is 0.497 e. The van der Waals surface area contributed by atoms with Crippen LogP contribution in [0.5, 0.6) is 11.5 Å². The van der Waals surface area contributed by atoms with E-state index in [0.717, 1.165) is 18.8 Å². The Morgan fingerprint density at radius 1 is 0.966 bits per heavy atom. The number of carbonyl (C=O) groups is 1. The highest BCUT2D eigenvalue weighted by Gasteiger charge is 2.22. The van der Waals surface area contributed by atoms with Crippen molar-refractivity contribution in [1.82, 2.24) is 10.2 Å². The fourth-order valence-corrected chi connectivity index (χ4v) is 3.74. The Morgan fingerprint density at radius 3 is 2.21 bits per heavy atom. The fourth-order valence-electron chi connectivity index (χ4n) is 3.74. The number of benzene rings is 2. The Kier molecular flexibility index (Phi) is 7.94. The molecule has 0 radical (unpaired) electrons. The van der Waals surface area contributed by atoms with Gasteiger partial charge < -0.3 is 14.8 Å². The smallest absolute Gasteiger partial charge is 0.258 e. The average Bonchev–Trinajstić information content (AvgIpc) is 3.03. The van der Waals surface area contributed by atoms with Gasteiger partial charge in [-0.3, -0.25) is 9.69 Å². The van der Waals surface area contributed by atoms with Crippen LogP contribution in [0.25, 0.3) is 0 Å². The van der Waals surface area contributed by atoms with E-state index in [9.17, 15) is 4.79 Å². The van der Waals surface area contributed by atoms with Crippen LogP contribution in [-0.4, -0.2) is 44.2 Å². The maximum Gasteiger partial charge on any atom is 0.258 e. The van der Waals surface area contributed by atoms with E-state index in [1.807, 2.05) is 43.3 Å². The minimum Gasteiger partial charge on any atom is -0.497 e. The van der Waals surface area contributed by atoms with Gasteiger partial charge in [0, 0.05) is 6.54 Å². The van der Waals surface area contributed by atoms with E-state index < -0.39 is 0 Å². The Labute approximate surface area is 174 Å². The topological polar surface area (TPSA) is 50.8 Å². The van der Waals surface area contributed by atoms with Crippen LogP contribution in [0.4, 0.5) is 0 Å². The van der Waals surface area contributed by atoms with Gasteiger partial charge in [-0.1, -0.05) is 42.7 Å². The van der Waals surface area contributed by atoms with Crippen LogP contribution in [0.1, 0.15) is 42.9 Å². The summed E-state index contributed by atoms with van der Waals surface area (Å²) >= 11 is 0. The van der Waals surface area contributed by atoms with Gasteiger partial charge in [0.25, 0.3) is 5.91 Å². The minimum atomic E-state index is -0.0982. The molecule has 1 aliphatic rings. The van der Waals surface area contributed by atoms with E-state index in [2.05, 4.69) is 22.3 Å². The van der Waals surface area contributed by atoms with Crippen molar-refractivity contribution in [3.8, 4) is 11.5 Å². The molecule has 3 rings (SSSR count). The highest BCUT2D eigenvalue weighted by atomic mass is 16.5. The molecule has 2 aromatic rings. The summed E-state index contributed by atoms with van der Waals surface area (Å²) in [5.41, 5.74) is 2.37. The number of nitrogens with zero attached hydrogens (tertiary/aromatic N) is 1. The van der Waals surface area contributed by atoms with Crippen LogP contribution in [0.15, 0.2) is 48.5 Å². The molecule has 1 amide bonds. The van der Waals surface area contributed by atoms with E-state index in [-0.39, 0.29) is 18.6 Å². The standard InChI is InChI=1S/C24H32N2O3/c1-19-7-11-22(12-8-19)29-18-24(27)25-17-23(26-15-5-3-4-6-16-26)20-9-13-21(28-2)14-10-20/h7-14,23H,3-6,15-18H2,1-2H3,(H,25,27)/t23-/m0/s1. The third kappa shape index (κ3) is 6.50. The molecule has 0 saturated carbocycles. The molecule has 0 aromatic heterocycles. The average molecular weight is 397 g/mol. The number of hydrogen-bond acceptors (Lipinski definition) is 4. The zero-order chi connectivity index (χ0) is 20.5. The number of carbonyl (C=O) groups excluding carboxylic acids is 1. The molecule has 0 spiro atoms. The summed E-state index contributed by atoms with van der Waals surface area (Å²) < 4.78 is 10.9. The van der Waals surface area contributed by atoms with Gasteiger partial charge in [0.2, 0.25) is 0 Å². The van der Waals surface area contributed by atoms with Crippen molar-refractivity contribution in [2.45, 2.75) is 38.6 Å². The van der Waals surface area contributed by atoms with Gasteiger partial charge in [-0.15, -0.1) is 0 Å². The van der Waals surface area contributed by atoms with Gasteiger partial charge in [0.15, 0.2) is 6.61 Å². The summed E-state index contributed by atoms with van der Waals surface area (Å²) in [7, 11) is 1.68. The van der Waals surface area contributed by atoms with Crippen LogP contribution in [0.2, 0.25) is 0 Å². The minimum absolute atomic E-state index is 0.0262. The lowest BCUT2D eigenvalue weighted by Gasteiger charge is -2.31. The van der Waals surface area contributed by atoms with Crippen molar-refractivity contribution in [3.63, 3.8) is 0 Å². The molecule has 5 heteroatoms. The van der Waals surface area contributed by atoms with Crippen LogP contribution in [0.3, 0.4) is 0 Å². The van der Waals surface area contributed by atoms with Crippen molar-refractivity contribution < 1.29 is 14.3 Å². The van der Waals surface area contributed by atoms with Crippen LogP contribution >= 0.6 is 0 Å². The summed E-state index contributed by atoms with van der Waals surface area (Å²) in [4.78, 5) is 14.9. The molecule has 5 nitrogen and oxygen atoms in total. The third-order valence-corrected chi connectivity index (χ3v) is 5.47. The van der Waals surface area contributed by atoms with E-state index in [4.69, 9.17) is 9.47 Å². The Hall–Kier alpha value is -2.53. The summed E-state index contributed by atoms with van der Waals surface area (Å²) in [6.07, 6.45) is 4.97. The molecule has 1 aliphatic heterocycles. The number of amides is 1. The maximum absolute atomic E-state index is 12.4. The SMILES string of the molecule is COc1ccc([C@H](CNC(=O)COc2ccc(C)cc2)N2CCCCCC2)cc1. The van der Waals surface area contributed by atoms with Crippen molar-refractivity contribution in [1.29, 1.82) is 0 Å². The first-order valence-corrected chi connectivity index (χ1v) is 10.5. The van der Waals surface area contributed by atoms with Crippen LogP contribution in [-0.2, 0) is 4.79 Å². The molecule has 1 fully saturated rings. The van der Waals surface area contributed by atoms with Crippen molar-refractivity contribution >= 4 is 5.91 Å². The first-order chi connectivity index (χ1) is 14.2. The Balaban J connectivity index is 1.60. The number of aryl methyl sites for hydroxylation is 1. The molecule has 1 saturated heterocycles. The zero-order valence-electron chi connectivity index (χ0n) is 17.5. The van der Waals surface area contributed by atoms with E-state index in [0.29, 0.717) is 12.3 Å². The normalized spacial score (nSPS) is 15.9. The first-order valence-electron chi connectivity index (χ1n) is 10.5. The quantitative estimate of drug-likeness (QED) is 0.729. The first kappa shape index (κ1) is 21.2. The molecule has 0 aliphatic carbocycles. The number of ether oxygens (including phenoxy) is 2. The summed E-state index contributed by atoms with van der Waals surface area (Å²) in [5.74, 6) is 1.46. The molecule has 1 N–H and O–H groups in total. The summed E-state index contributed by atoms with van der Waals surface area (Å²) in [6.45, 7) is 4.75. The highest BCUT2D eigenvalue weighted by Crippen LogP contribution is 2.25. The van der Waals surface area contributed by atoms with Crippen molar-refractivity contribution in [3.05, 3.63) is 59.7 Å². The summed E-state index contributed by atoms with van der Waals surface area (Å²) in [5, 5.41) is 3.07. The molecule has 0 unspecified atom stereocenters. The van der Waals surface area contributed by atoms with Gasteiger partial charge in [0.1, 0.15) is 11.5 Å². The molecular formula is C24H32N2O3. The Morgan fingerprint density at radius 2 is 1.59 bits per heavy atom. The number of rotatable bonds is 8. The van der Waals surface area contributed by atoms with Gasteiger partial charge >= 0.3 is 0 Å². The number of hydrogen-bond donors (Lipinski definition) is 1. The second-order valence-corrected chi connectivity index (χ2v) is 7.64. The molecule has 1 heterocycles. The van der Waals surface area contributed by atoms with Crippen LogP contribution < -0.4 is 14.8 Å². The van der Waals surface area contributed by atoms with Crippen LogP contribution in [0, 0.1) is 6.92 Å². The van der Waals surface area contributed by atoms with E-state index in [1.165, 1.54) is 36.8 Å². The predicted octanol–water partition coefficient (Wildman–Crippen LogP) is 4.12. The summed E-state index contributed by atoms with van der Waals surface area (Å²) in [6, 6.07) is 16.1. The molecule has 0 bridgehead atoms. The van der Waals surface area contributed by atoms with E-state index >= 15 is 0 Å². The van der Waals surface area contributed by atoms with E-state index in [1.54, 1.807) is 7.11 Å². The van der Waals surface area contributed by atoms with Gasteiger partial charge in [0.05, 0.1) is 13.2 Å². The van der Waals surface area contributed by atoms with Gasteiger partial charge in [-0.25, -0.2) is 0 Å². The molecule has 1 atom stereocenters.